The first kappa shape index (κ1) is 18.5. The quantitative estimate of drug-likeness (QED) is 0.617. The zero-order valence-corrected chi connectivity index (χ0v) is 15.0. The summed E-state index contributed by atoms with van der Waals surface area (Å²) >= 11 is 3.57. The van der Waals surface area contributed by atoms with Crippen LogP contribution in [0.3, 0.4) is 0 Å². The molecule has 1 atom stereocenters. The summed E-state index contributed by atoms with van der Waals surface area (Å²) in [6, 6.07) is 6.25. The van der Waals surface area contributed by atoms with Crippen molar-refractivity contribution in [1.29, 1.82) is 0 Å². The largest absolute Gasteiger partial charge is 0.490 e. The van der Waals surface area contributed by atoms with E-state index in [1.807, 2.05) is 6.07 Å². The normalized spacial score (nSPS) is 12.7. The maximum atomic E-state index is 6.47. The molecule has 0 aliphatic rings. The Balaban J connectivity index is 2.76. The molecule has 1 rings (SSSR count). The van der Waals surface area contributed by atoms with Gasteiger partial charge in [-0.1, -0.05) is 32.8 Å². The number of hydrogen-bond acceptors (Lipinski definition) is 3. The van der Waals surface area contributed by atoms with Crippen LogP contribution in [-0.4, -0.2) is 20.3 Å². The number of methoxy groups -OCH3 is 1. The molecule has 0 fully saturated rings. The molecule has 1 aromatic carbocycles. The van der Waals surface area contributed by atoms with Crippen LogP contribution in [0.4, 0.5) is 0 Å². The van der Waals surface area contributed by atoms with Crippen LogP contribution in [0.5, 0.6) is 5.75 Å². The fourth-order valence-corrected chi connectivity index (χ4v) is 3.10. The van der Waals surface area contributed by atoms with Gasteiger partial charge in [0, 0.05) is 13.2 Å². The van der Waals surface area contributed by atoms with Gasteiger partial charge >= 0.3 is 0 Å². The first-order chi connectivity index (χ1) is 10.1. The first-order valence-electron chi connectivity index (χ1n) is 7.80. The lowest BCUT2D eigenvalue weighted by molar-refractivity contribution is 0.146. The summed E-state index contributed by atoms with van der Waals surface area (Å²) in [7, 11) is 1.67. The van der Waals surface area contributed by atoms with Gasteiger partial charge in [-0.3, -0.25) is 0 Å². The molecule has 0 aliphatic heterocycles. The predicted octanol–water partition coefficient (Wildman–Crippen LogP) is 4.69. The summed E-state index contributed by atoms with van der Waals surface area (Å²) in [4.78, 5) is 0. The van der Waals surface area contributed by atoms with Crippen molar-refractivity contribution in [3.63, 3.8) is 0 Å². The Hall–Kier alpha value is -0.580. The number of ether oxygens (including phenoxy) is 2. The molecule has 2 N–H and O–H groups in total. The minimum absolute atomic E-state index is 0.0919. The minimum atomic E-state index is 0.0919. The number of nitrogens with two attached hydrogens (primary N) is 1. The molecule has 0 amide bonds. The van der Waals surface area contributed by atoms with E-state index in [-0.39, 0.29) is 6.04 Å². The van der Waals surface area contributed by atoms with Crippen LogP contribution in [0.25, 0.3) is 0 Å². The van der Waals surface area contributed by atoms with Crippen molar-refractivity contribution in [2.75, 3.05) is 20.3 Å². The van der Waals surface area contributed by atoms with E-state index in [1.165, 1.54) is 31.2 Å². The third-order valence-corrected chi connectivity index (χ3v) is 4.33. The molecule has 21 heavy (non-hydrogen) atoms. The molecule has 1 aromatic rings. The van der Waals surface area contributed by atoms with Gasteiger partial charge in [-0.15, -0.1) is 0 Å². The fourth-order valence-electron chi connectivity index (χ4n) is 2.59. The Bertz CT molecular complexity index is 406. The molecule has 0 radical (unpaired) electrons. The molecule has 0 aliphatic carbocycles. The van der Waals surface area contributed by atoms with Gasteiger partial charge in [-0.05, 0) is 52.4 Å². The monoisotopic (exact) mass is 357 g/mol. The Kier molecular flexibility index (Phi) is 8.97. The third kappa shape index (κ3) is 5.97. The van der Waals surface area contributed by atoms with E-state index < -0.39 is 0 Å². The van der Waals surface area contributed by atoms with Crippen LogP contribution in [0.2, 0.25) is 0 Å². The highest BCUT2D eigenvalue weighted by Gasteiger charge is 2.19. The van der Waals surface area contributed by atoms with Crippen LogP contribution in [0.15, 0.2) is 22.7 Å². The number of hydrogen-bond donors (Lipinski definition) is 1. The van der Waals surface area contributed by atoms with Gasteiger partial charge < -0.3 is 15.2 Å². The van der Waals surface area contributed by atoms with Crippen molar-refractivity contribution >= 4 is 15.9 Å². The van der Waals surface area contributed by atoms with Gasteiger partial charge in [0.1, 0.15) is 12.4 Å². The van der Waals surface area contributed by atoms with E-state index in [0.29, 0.717) is 19.1 Å². The number of benzene rings is 1. The van der Waals surface area contributed by atoms with Crippen molar-refractivity contribution < 1.29 is 9.47 Å². The van der Waals surface area contributed by atoms with Crippen molar-refractivity contribution in [2.45, 2.75) is 45.6 Å². The molecule has 0 saturated carbocycles. The summed E-state index contributed by atoms with van der Waals surface area (Å²) < 4.78 is 11.6. The number of halogens is 1. The third-order valence-electron chi connectivity index (χ3n) is 3.71. The molecule has 0 aromatic heterocycles. The molecule has 1 unspecified atom stereocenters. The highest BCUT2D eigenvalue weighted by atomic mass is 79.9. The molecule has 0 saturated heterocycles. The van der Waals surface area contributed by atoms with E-state index in [0.717, 1.165) is 10.2 Å². The maximum absolute atomic E-state index is 6.47. The minimum Gasteiger partial charge on any atom is -0.490 e. The van der Waals surface area contributed by atoms with E-state index in [1.54, 1.807) is 7.11 Å². The lowest BCUT2D eigenvalue weighted by Crippen LogP contribution is -2.21. The van der Waals surface area contributed by atoms with Gasteiger partial charge in [0.05, 0.1) is 11.1 Å². The Morgan fingerprint density at radius 1 is 1.14 bits per heavy atom. The molecule has 0 spiro atoms. The summed E-state index contributed by atoms with van der Waals surface area (Å²) in [6.07, 6.45) is 4.72. The average molecular weight is 358 g/mol. The highest BCUT2D eigenvalue weighted by molar-refractivity contribution is 9.10. The smallest absolute Gasteiger partial charge is 0.133 e. The van der Waals surface area contributed by atoms with Crippen LogP contribution < -0.4 is 10.5 Å². The molecular formula is C17H28BrNO2. The summed E-state index contributed by atoms with van der Waals surface area (Å²) in [5.74, 6) is 1.39. The van der Waals surface area contributed by atoms with Crippen molar-refractivity contribution in [3.05, 3.63) is 28.2 Å². The van der Waals surface area contributed by atoms with E-state index in [2.05, 4.69) is 41.9 Å². The second-order valence-corrected chi connectivity index (χ2v) is 6.25. The van der Waals surface area contributed by atoms with E-state index >= 15 is 0 Å². The van der Waals surface area contributed by atoms with Gasteiger partial charge in [0.25, 0.3) is 0 Å². The standard InChI is InChI=1S/C17H28BrNO2/c1-4-6-13(7-5-2)17(19)14-8-9-16(15(18)12-14)21-11-10-20-3/h8-9,12-13,17H,4-7,10-11,19H2,1-3H3. The van der Waals surface area contributed by atoms with Gasteiger partial charge in [-0.2, -0.15) is 0 Å². The molecular weight excluding hydrogens is 330 g/mol. The molecule has 120 valence electrons. The van der Waals surface area contributed by atoms with Crippen LogP contribution in [0, 0.1) is 5.92 Å². The maximum Gasteiger partial charge on any atom is 0.133 e. The van der Waals surface area contributed by atoms with Gasteiger partial charge in [0.2, 0.25) is 0 Å². The molecule has 0 bridgehead atoms. The van der Waals surface area contributed by atoms with Gasteiger partial charge in [-0.25, -0.2) is 0 Å². The van der Waals surface area contributed by atoms with Crippen molar-refractivity contribution in [2.24, 2.45) is 11.7 Å². The van der Waals surface area contributed by atoms with Crippen molar-refractivity contribution in [1.82, 2.24) is 0 Å². The lowest BCUT2D eigenvalue weighted by atomic mass is 9.87. The SMILES string of the molecule is CCCC(CCC)C(N)c1ccc(OCCOC)c(Br)c1. The highest BCUT2D eigenvalue weighted by Crippen LogP contribution is 2.32. The summed E-state index contributed by atoms with van der Waals surface area (Å²) in [5, 5.41) is 0. The molecule has 4 heteroatoms. The lowest BCUT2D eigenvalue weighted by Gasteiger charge is -2.24. The predicted molar refractivity (Wildman–Crippen MR) is 91.7 cm³/mol. The van der Waals surface area contributed by atoms with Crippen LogP contribution in [0.1, 0.15) is 51.1 Å². The average Bonchev–Trinajstić information content (AvgIpc) is 2.48. The topological polar surface area (TPSA) is 44.5 Å². The fraction of sp³-hybridized carbons (Fsp3) is 0.647. The second-order valence-electron chi connectivity index (χ2n) is 5.39. The Morgan fingerprint density at radius 2 is 1.81 bits per heavy atom. The Labute approximate surface area is 137 Å². The Morgan fingerprint density at radius 3 is 2.33 bits per heavy atom. The van der Waals surface area contributed by atoms with E-state index in [9.17, 15) is 0 Å². The van der Waals surface area contributed by atoms with Crippen LogP contribution in [-0.2, 0) is 4.74 Å². The second kappa shape index (κ2) is 10.2. The van der Waals surface area contributed by atoms with Crippen molar-refractivity contribution in [3.8, 4) is 5.75 Å². The number of rotatable bonds is 10. The van der Waals surface area contributed by atoms with E-state index in [4.69, 9.17) is 15.2 Å². The molecule has 3 nitrogen and oxygen atoms in total. The summed E-state index contributed by atoms with van der Waals surface area (Å²) in [6.45, 7) is 5.58. The van der Waals surface area contributed by atoms with Gasteiger partial charge in [0.15, 0.2) is 0 Å². The van der Waals surface area contributed by atoms with Crippen LogP contribution >= 0.6 is 15.9 Å². The molecule has 0 heterocycles. The zero-order valence-electron chi connectivity index (χ0n) is 13.4. The zero-order chi connectivity index (χ0) is 15.7. The summed E-state index contributed by atoms with van der Waals surface area (Å²) in [5.41, 5.74) is 7.64. The first-order valence-corrected chi connectivity index (χ1v) is 8.60.